The van der Waals surface area contributed by atoms with E-state index < -0.39 is 39.5 Å². The molecular formula is C13H21F2NO4S. The molecule has 1 N–H and O–H groups in total. The number of hydrogen-bond donors (Lipinski definition) is 1. The van der Waals surface area contributed by atoms with Crippen molar-refractivity contribution < 1.29 is 27.1 Å². The minimum absolute atomic E-state index is 0.225. The normalized spacial score (nSPS) is 32.7. The Hall–Kier alpha value is -0.760. The second-order valence-corrected chi connectivity index (χ2v) is 8.23. The SMILES string of the molecule is CN(C1CC(C(=O)O)C1)S(=O)(=O)CC1CCCCC1(F)F. The molecule has 21 heavy (non-hydrogen) atoms. The third-order valence-corrected chi connectivity index (χ3v) is 6.74. The summed E-state index contributed by atoms with van der Waals surface area (Å²) in [7, 11) is -2.42. The van der Waals surface area contributed by atoms with Gasteiger partial charge in [-0.05, 0) is 25.7 Å². The number of carboxylic acids is 1. The molecule has 1 atom stereocenters. The van der Waals surface area contributed by atoms with Crippen molar-refractivity contribution in [3.63, 3.8) is 0 Å². The molecule has 0 saturated heterocycles. The van der Waals surface area contributed by atoms with Gasteiger partial charge in [-0.25, -0.2) is 21.5 Å². The smallest absolute Gasteiger partial charge is 0.306 e. The zero-order valence-electron chi connectivity index (χ0n) is 12.0. The van der Waals surface area contributed by atoms with Crippen molar-refractivity contribution in [2.45, 2.75) is 50.5 Å². The van der Waals surface area contributed by atoms with Crippen LogP contribution in [-0.2, 0) is 14.8 Å². The van der Waals surface area contributed by atoms with Crippen LogP contribution in [0.4, 0.5) is 8.78 Å². The van der Waals surface area contributed by atoms with Crippen LogP contribution < -0.4 is 0 Å². The number of carbonyl (C=O) groups is 1. The lowest BCUT2D eigenvalue weighted by molar-refractivity contribution is -0.146. The fraction of sp³-hybridized carbons (Fsp3) is 0.923. The Kier molecular flexibility index (Phi) is 4.58. The molecule has 2 aliphatic carbocycles. The van der Waals surface area contributed by atoms with Crippen LogP contribution in [0.1, 0.15) is 38.5 Å². The molecule has 0 heterocycles. The Morgan fingerprint density at radius 2 is 1.95 bits per heavy atom. The zero-order valence-corrected chi connectivity index (χ0v) is 12.8. The summed E-state index contributed by atoms with van der Waals surface area (Å²) < 4.78 is 53.1. The van der Waals surface area contributed by atoms with E-state index in [-0.39, 0.29) is 31.7 Å². The van der Waals surface area contributed by atoms with Gasteiger partial charge in [0.05, 0.1) is 11.7 Å². The number of sulfonamides is 1. The molecule has 0 radical (unpaired) electrons. The van der Waals surface area contributed by atoms with Gasteiger partial charge >= 0.3 is 5.97 Å². The largest absolute Gasteiger partial charge is 0.481 e. The molecule has 122 valence electrons. The summed E-state index contributed by atoms with van der Waals surface area (Å²) in [6.45, 7) is 0. The van der Waals surface area contributed by atoms with E-state index in [2.05, 4.69) is 0 Å². The van der Waals surface area contributed by atoms with Gasteiger partial charge in [0.1, 0.15) is 0 Å². The third-order valence-electron chi connectivity index (χ3n) is 4.74. The molecule has 0 bridgehead atoms. The molecule has 2 aliphatic rings. The lowest BCUT2D eigenvalue weighted by atomic mass is 9.80. The predicted molar refractivity (Wildman–Crippen MR) is 72.6 cm³/mol. The molecule has 2 rings (SSSR count). The summed E-state index contributed by atoms with van der Waals surface area (Å²) in [5, 5.41) is 8.80. The highest BCUT2D eigenvalue weighted by atomic mass is 32.2. The van der Waals surface area contributed by atoms with Crippen molar-refractivity contribution in [3.8, 4) is 0 Å². The molecule has 0 aliphatic heterocycles. The molecule has 0 aromatic heterocycles. The van der Waals surface area contributed by atoms with Crippen LogP contribution in [0.3, 0.4) is 0 Å². The van der Waals surface area contributed by atoms with Crippen LogP contribution >= 0.6 is 0 Å². The Morgan fingerprint density at radius 1 is 1.33 bits per heavy atom. The number of carboxylic acid groups (broad SMARTS) is 1. The second-order valence-electron chi connectivity index (χ2n) is 6.16. The monoisotopic (exact) mass is 325 g/mol. The van der Waals surface area contributed by atoms with Crippen LogP contribution in [0.5, 0.6) is 0 Å². The molecular weight excluding hydrogens is 304 g/mol. The highest BCUT2D eigenvalue weighted by Gasteiger charge is 2.46. The van der Waals surface area contributed by atoms with Gasteiger partial charge in [-0.15, -0.1) is 0 Å². The van der Waals surface area contributed by atoms with Gasteiger partial charge in [-0.3, -0.25) is 4.79 Å². The topological polar surface area (TPSA) is 74.7 Å². The minimum atomic E-state index is -3.78. The molecule has 1 unspecified atom stereocenters. The molecule has 0 amide bonds. The van der Waals surface area contributed by atoms with E-state index in [1.807, 2.05) is 0 Å². The van der Waals surface area contributed by atoms with Crippen molar-refractivity contribution in [2.75, 3.05) is 12.8 Å². The van der Waals surface area contributed by atoms with E-state index in [0.29, 0.717) is 12.8 Å². The van der Waals surface area contributed by atoms with E-state index >= 15 is 0 Å². The molecule has 0 aromatic rings. The first-order valence-corrected chi connectivity index (χ1v) is 8.81. The summed E-state index contributed by atoms with van der Waals surface area (Å²) >= 11 is 0. The maximum Gasteiger partial charge on any atom is 0.306 e. The second kappa shape index (κ2) is 5.79. The molecule has 8 heteroatoms. The van der Waals surface area contributed by atoms with Gasteiger partial charge in [0.15, 0.2) is 0 Å². The van der Waals surface area contributed by atoms with Crippen molar-refractivity contribution in [3.05, 3.63) is 0 Å². The molecule has 2 fully saturated rings. The first-order chi connectivity index (χ1) is 9.63. The minimum Gasteiger partial charge on any atom is -0.481 e. The predicted octanol–water partition coefficient (Wildman–Crippen LogP) is 1.94. The Labute approximate surface area is 123 Å². The van der Waals surface area contributed by atoms with Gasteiger partial charge in [0.25, 0.3) is 5.92 Å². The van der Waals surface area contributed by atoms with Crippen LogP contribution in [0.25, 0.3) is 0 Å². The van der Waals surface area contributed by atoms with Crippen molar-refractivity contribution in [2.24, 2.45) is 11.8 Å². The fourth-order valence-electron chi connectivity index (χ4n) is 3.06. The molecule has 2 saturated carbocycles. The number of hydrogen-bond acceptors (Lipinski definition) is 3. The standard InChI is InChI=1S/C13H21F2NO4S/c1-16(11-6-9(7-11)12(17)18)21(19,20)8-10-4-2-3-5-13(10,14)15/h9-11H,2-8H2,1H3,(H,17,18). The van der Waals surface area contributed by atoms with Crippen molar-refractivity contribution in [1.82, 2.24) is 4.31 Å². The highest BCUT2D eigenvalue weighted by Crippen LogP contribution is 2.40. The fourth-order valence-corrected chi connectivity index (χ4v) is 4.84. The summed E-state index contributed by atoms with van der Waals surface area (Å²) in [6, 6.07) is -0.381. The lowest BCUT2D eigenvalue weighted by Gasteiger charge is -2.39. The quantitative estimate of drug-likeness (QED) is 0.838. The summed E-state index contributed by atoms with van der Waals surface area (Å²) in [4.78, 5) is 10.7. The average Bonchev–Trinajstić information content (AvgIpc) is 2.29. The van der Waals surface area contributed by atoms with Gasteiger partial charge in [-0.1, -0.05) is 6.42 Å². The Balaban J connectivity index is 1.97. The van der Waals surface area contributed by atoms with Gasteiger partial charge in [0.2, 0.25) is 10.0 Å². The summed E-state index contributed by atoms with van der Waals surface area (Å²) in [5.41, 5.74) is 0. The van der Waals surface area contributed by atoms with Crippen LogP contribution in [-0.4, -0.2) is 48.6 Å². The maximum absolute atomic E-state index is 13.8. The summed E-state index contributed by atoms with van der Waals surface area (Å²) in [6.07, 6.45) is 1.55. The van der Waals surface area contributed by atoms with E-state index in [4.69, 9.17) is 5.11 Å². The van der Waals surface area contributed by atoms with Crippen LogP contribution in [0, 0.1) is 11.8 Å². The molecule has 5 nitrogen and oxygen atoms in total. The van der Waals surface area contributed by atoms with Gasteiger partial charge in [-0.2, -0.15) is 0 Å². The number of aliphatic carboxylic acids is 1. The third kappa shape index (κ3) is 3.53. The first kappa shape index (κ1) is 16.6. The van der Waals surface area contributed by atoms with Crippen molar-refractivity contribution in [1.29, 1.82) is 0 Å². The first-order valence-electron chi connectivity index (χ1n) is 7.20. The van der Waals surface area contributed by atoms with E-state index in [0.717, 1.165) is 4.31 Å². The van der Waals surface area contributed by atoms with Crippen molar-refractivity contribution >= 4 is 16.0 Å². The van der Waals surface area contributed by atoms with E-state index in [9.17, 15) is 22.0 Å². The van der Waals surface area contributed by atoms with Crippen LogP contribution in [0.15, 0.2) is 0 Å². The number of alkyl halides is 2. The number of nitrogens with zero attached hydrogens (tertiary/aromatic N) is 1. The number of halogens is 2. The average molecular weight is 325 g/mol. The zero-order chi connectivity index (χ0) is 15.8. The lowest BCUT2D eigenvalue weighted by Crippen LogP contribution is -2.50. The Bertz CT molecular complexity index is 502. The maximum atomic E-state index is 13.8. The van der Waals surface area contributed by atoms with E-state index in [1.165, 1.54) is 7.05 Å². The van der Waals surface area contributed by atoms with E-state index in [1.54, 1.807) is 0 Å². The highest BCUT2D eigenvalue weighted by molar-refractivity contribution is 7.89. The van der Waals surface area contributed by atoms with Gasteiger partial charge in [0, 0.05) is 25.4 Å². The molecule has 0 aromatic carbocycles. The van der Waals surface area contributed by atoms with Crippen LogP contribution in [0.2, 0.25) is 0 Å². The summed E-state index contributed by atoms with van der Waals surface area (Å²) in [5.74, 6) is -6.06. The Morgan fingerprint density at radius 3 is 2.48 bits per heavy atom. The molecule has 0 spiro atoms. The van der Waals surface area contributed by atoms with Gasteiger partial charge < -0.3 is 5.11 Å². The number of rotatable bonds is 5.